The van der Waals surface area contributed by atoms with Gasteiger partial charge in [-0.25, -0.2) is 4.98 Å². The molecule has 0 fully saturated rings. The van der Waals surface area contributed by atoms with Gasteiger partial charge in [0.05, 0.1) is 12.3 Å². The number of aliphatic hydroxyl groups is 1. The molecule has 1 heterocycles. The molecule has 2 rings (SSSR count). The van der Waals surface area contributed by atoms with Crippen molar-refractivity contribution in [1.82, 2.24) is 4.98 Å². The maximum Gasteiger partial charge on any atom is 0.130 e. The Balaban J connectivity index is 2.41. The van der Waals surface area contributed by atoms with Crippen LogP contribution in [0.5, 0.6) is 0 Å². The van der Waals surface area contributed by atoms with E-state index in [4.69, 9.17) is 16.7 Å². The van der Waals surface area contributed by atoms with Gasteiger partial charge in [-0.3, -0.25) is 0 Å². The van der Waals surface area contributed by atoms with E-state index < -0.39 is 0 Å². The second-order valence-corrected chi connectivity index (χ2v) is 4.84. The molecule has 0 amide bonds. The van der Waals surface area contributed by atoms with Gasteiger partial charge >= 0.3 is 0 Å². The zero-order valence-corrected chi connectivity index (χ0v) is 10.9. The number of hydrogen-bond acceptors (Lipinski definition) is 3. The summed E-state index contributed by atoms with van der Waals surface area (Å²) in [6.07, 6.45) is 2.04. The highest BCUT2D eigenvalue weighted by molar-refractivity contribution is 7.98. The minimum absolute atomic E-state index is 0.0296. The maximum absolute atomic E-state index is 9.13. The van der Waals surface area contributed by atoms with Gasteiger partial charge in [0.25, 0.3) is 0 Å². The lowest BCUT2D eigenvalue weighted by Crippen LogP contribution is -1.90. The molecule has 4 heteroatoms. The number of hydrogen-bond donors (Lipinski definition) is 1. The lowest BCUT2D eigenvalue weighted by atomic mass is 10.1. The van der Waals surface area contributed by atoms with Crippen LogP contribution in [-0.2, 0) is 6.61 Å². The van der Waals surface area contributed by atoms with Crippen molar-refractivity contribution in [2.45, 2.75) is 11.5 Å². The topological polar surface area (TPSA) is 33.1 Å². The van der Waals surface area contributed by atoms with Crippen LogP contribution >= 0.6 is 23.4 Å². The Labute approximate surface area is 110 Å². The molecule has 17 heavy (non-hydrogen) atoms. The van der Waals surface area contributed by atoms with Crippen LogP contribution in [0.4, 0.5) is 0 Å². The van der Waals surface area contributed by atoms with Gasteiger partial charge in [0.1, 0.15) is 5.15 Å². The number of benzene rings is 1. The molecule has 88 valence electrons. The number of aromatic nitrogens is 1. The molecule has 0 unspecified atom stereocenters. The summed E-state index contributed by atoms with van der Waals surface area (Å²) in [6, 6.07) is 11.6. The highest BCUT2D eigenvalue weighted by Crippen LogP contribution is 2.24. The van der Waals surface area contributed by atoms with E-state index in [2.05, 4.69) is 4.98 Å². The monoisotopic (exact) mass is 265 g/mol. The van der Waals surface area contributed by atoms with Crippen molar-refractivity contribution in [2.75, 3.05) is 6.26 Å². The summed E-state index contributed by atoms with van der Waals surface area (Å²) < 4.78 is 0. The quantitative estimate of drug-likeness (QED) is 0.680. The molecule has 2 aromatic rings. The lowest BCUT2D eigenvalue weighted by molar-refractivity contribution is 0.282. The Hall–Kier alpha value is -1.03. The summed E-state index contributed by atoms with van der Waals surface area (Å²) in [5.41, 5.74) is 2.56. The van der Waals surface area contributed by atoms with E-state index in [0.29, 0.717) is 5.15 Å². The first-order chi connectivity index (χ1) is 8.22. The summed E-state index contributed by atoms with van der Waals surface area (Å²) in [7, 11) is 0. The van der Waals surface area contributed by atoms with E-state index in [0.717, 1.165) is 16.8 Å². The average Bonchev–Trinajstić information content (AvgIpc) is 2.38. The van der Waals surface area contributed by atoms with Gasteiger partial charge in [-0.05, 0) is 36.1 Å². The van der Waals surface area contributed by atoms with Crippen molar-refractivity contribution < 1.29 is 5.11 Å². The summed E-state index contributed by atoms with van der Waals surface area (Å²) >= 11 is 7.61. The normalized spacial score (nSPS) is 10.5. The first-order valence-corrected chi connectivity index (χ1v) is 6.75. The molecule has 1 N–H and O–H groups in total. The van der Waals surface area contributed by atoms with Crippen molar-refractivity contribution in [1.29, 1.82) is 0 Å². The average molecular weight is 266 g/mol. The van der Waals surface area contributed by atoms with Gasteiger partial charge in [0.2, 0.25) is 0 Å². The van der Waals surface area contributed by atoms with Crippen LogP contribution in [0.1, 0.15) is 5.56 Å². The van der Waals surface area contributed by atoms with Crippen molar-refractivity contribution in [3.63, 3.8) is 0 Å². The summed E-state index contributed by atoms with van der Waals surface area (Å²) in [5, 5.41) is 9.53. The van der Waals surface area contributed by atoms with Crippen molar-refractivity contribution in [2.24, 2.45) is 0 Å². The van der Waals surface area contributed by atoms with E-state index in [-0.39, 0.29) is 6.61 Å². The second kappa shape index (κ2) is 5.54. The molecule has 1 aromatic heterocycles. The van der Waals surface area contributed by atoms with Crippen molar-refractivity contribution in [3.05, 3.63) is 47.1 Å². The molecule has 1 aromatic carbocycles. The summed E-state index contributed by atoms with van der Waals surface area (Å²) in [6.45, 7) is -0.0296. The Kier molecular flexibility index (Phi) is 4.05. The fraction of sp³-hybridized carbons (Fsp3) is 0.154. The number of thioether (sulfide) groups is 1. The molecular formula is C13H12ClNOS. The van der Waals surface area contributed by atoms with Crippen LogP contribution < -0.4 is 0 Å². The van der Waals surface area contributed by atoms with Crippen LogP contribution in [0, 0.1) is 0 Å². The van der Waals surface area contributed by atoms with Gasteiger partial charge in [-0.2, -0.15) is 0 Å². The zero-order valence-electron chi connectivity index (χ0n) is 9.35. The third-order valence-corrected chi connectivity index (χ3v) is 3.36. The van der Waals surface area contributed by atoms with Crippen LogP contribution in [0.25, 0.3) is 11.3 Å². The summed E-state index contributed by atoms with van der Waals surface area (Å²) in [4.78, 5) is 5.46. The Morgan fingerprint density at radius 2 is 1.94 bits per heavy atom. The Morgan fingerprint density at radius 1 is 1.24 bits per heavy atom. The van der Waals surface area contributed by atoms with Crippen LogP contribution in [0.2, 0.25) is 5.15 Å². The first kappa shape index (κ1) is 12.4. The molecule has 0 bridgehead atoms. The minimum atomic E-state index is -0.0296. The molecule has 0 atom stereocenters. The van der Waals surface area contributed by atoms with E-state index >= 15 is 0 Å². The maximum atomic E-state index is 9.13. The van der Waals surface area contributed by atoms with Crippen molar-refractivity contribution in [3.8, 4) is 11.3 Å². The SMILES string of the molecule is CSc1ccc(-c2cc(CO)cc(Cl)n2)cc1. The highest BCUT2D eigenvalue weighted by Gasteiger charge is 2.03. The fourth-order valence-electron chi connectivity index (χ4n) is 1.55. The van der Waals surface area contributed by atoms with E-state index in [1.807, 2.05) is 36.6 Å². The Morgan fingerprint density at radius 3 is 2.53 bits per heavy atom. The van der Waals surface area contributed by atoms with E-state index in [9.17, 15) is 0 Å². The number of rotatable bonds is 3. The van der Waals surface area contributed by atoms with Gasteiger partial charge in [0, 0.05) is 10.5 Å². The number of halogens is 1. The van der Waals surface area contributed by atoms with Crippen molar-refractivity contribution >= 4 is 23.4 Å². The van der Waals surface area contributed by atoms with Crippen LogP contribution in [0.15, 0.2) is 41.3 Å². The van der Waals surface area contributed by atoms with Crippen LogP contribution in [0.3, 0.4) is 0 Å². The Bertz CT molecular complexity index is 513. The molecule has 0 spiro atoms. The van der Waals surface area contributed by atoms with E-state index in [1.54, 1.807) is 17.8 Å². The molecule has 0 aliphatic rings. The molecule has 0 radical (unpaired) electrons. The predicted octanol–water partition coefficient (Wildman–Crippen LogP) is 3.62. The molecular weight excluding hydrogens is 254 g/mol. The fourth-order valence-corrected chi connectivity index (χ4v) is 2.19. The predicted molar refractivity (Wildman–Crippen MR) is 72.4 cm³/mol. The van der Waals surface area contributed by atoms with Gasteiger partial charge in [-0.1, -0.05) is 23.7 Å². The summed E-state index contributed by atoms with van der Waals surface area (Å²) in [5.74, 6) is 0. The van der Waals surface area contributed by atoms with E-state index in [1.165, 1.54) is 4.90 Å². The smallest absolute Gasteiger partial charge is 0.130 e. The molecule has 0 saturated heterocycles. The third-order valence-electron chi connectivity index (χ3n) is 2.42. The van der Waals surface area contributed by atoms with Crippen LogP contribution in [-0.4, -0.2) is 16.3 Å². The molecule has 0 saturated carbocycles. The molecule has 2 nitrogen and oxygen atoms in total. The van der Waals surface area contributed by atoms with Gasteiger partial charge in [-0.15, -0.1) is 11.8 Å². The number of aliphatic hydroxyl groups excluding tert-OH is 1. The second-order valence-electron chi connectivity index (χ2n) is 3.57. The first-order valence-electron chi connectivity index (χ1n) is 5.14. The largest absolute Gasteiger partial charge is 0.392 e. The van der Waals surface area contributed by atoms with Gasteiger partial charge in [0.15, 0.2) is 0 Å². The minimum Gasteiger partial charge on any atom is -0.392 e. The number of pyridine rings is 1. The highest BCUT2D eigenvalue weighted by atomic mass is 35.5. The number of nitrogens with zero attached hydrogens (tertiary/aromatic N) is 1. The van der Waals surface area contributed by atoms with Gasteiger partial charge < -0.3 is 5.11 Å². The third kappa shape index (κ3) is 3.00. The standard InChI is InChI=1S/C13H12ClNOS/c1-17-11-4-2-10(3-5-11)12-6-9(8-16)7-13(14)15-12/h2-7,16H,8H2,1H3. The zero-order chi connectivity index (χ0) is 12.3. The molecule has 0 aliphatic carbocycles. The lowest BCUT2D eigenvalue weighted by Gasteiger charge is -2.05. The molecule has 0 aliphatic heterocycles.